The monoisotopic (exact) mass is 356 g/mol. The second-order valence-electron chi connectivity index (χ2n) is 6.13. The van der Waals surface area contributed by atoms with Gasteiger partial charge in [0.15, 0.2) is 6.10 Å². The molecule has 5 nitrogen and oxygen atoms in total. The third-order valence-electron chi connectivity index (χ3n) is 4.30. The number of para-hydroxylation sites is 2. The number of fused-ring (bicyclic) bond motifs is 1. The highest BCUT2D eigenvalue weighted by Crippen LogP contribution is 2.34. The molecule has 0 saturated carbocycles. The molecule has 26 heavy (non-hydrogen) atoms. The zero-order chi connectivity index (χ0) is 18.5. The number of halogens is 1. The predicted molar refractivity (Wildman–Crippen MR) is 96.4 cm³/mol. The second kappa shape index (κ2) is 7.99. The molecule has 3 rings (SSSR count). The maximum Gasteiger partial charge on any atom is 0.268 e. The number of hydrogen-bond donors (Lipinski definition) is 1. The van der Waals surface area contributed by atoms with E-state index in [0.717, 1.165) is 5.56 Å². The molecule has 0 aliphatic carbocycles. The van der Waals surface area contributed by atoms with Crippen LogP contribution >= 0.6 is 0 Å². The van der Waals surface area contributed by atoms with Gasteiger partial charge in [0.25, 0.3) is 5.91 Å². The summed E-state index contributed by atoms with van der Waals surface area (Å²) >= 11 is 0. The SMILES string of the molecule is CCC1Oc2ccccc2N(CCC(=O)NCc2ccc(F)cc2)C1=O. The third-order valence-corrected chi connectivity index (χ3v) is 4.30. The first kappa shape index (κ1) is 17.9. The fourth-order valence-corrected chi connectivity index (χ4v) is 2.87. The van der Waals surface area contributed by atoms with Crippen molar-refractivity contribution < 1.29 is 18.7 Å². The van der Waals surface area contributed by atoms with E-state index >= 15 is 0 Å². The molecule has 2 amide bonds. The van der Waals surface area contributed by atoms with Crippen molar-refractivity contribution in [3.8, 4) is 5.75 Å². The Morgan fingerprint density at radius 3 is 2.65 bits per heavy atom. The molecule has 136 valence electrons. The quantitative estimate of drug-likeness (QED) is 0.865. The van der Waals surface area contributed by atoms with Gasteiger partial charge < -0.3 is 15.0 Å². The molecular weight excluding hydrogens is 335 g/mol. The molecule has 0 bridgehead atoms. The lowest BCUT2D eigenvalue weighted by Gasteiger charge is -2.33. The largest absolute Gasteiger partial charge is 0.478 e. The van der Waals surface area contributed by atoms with Gasteiger partial charge in [-0.3, -0.25) is 9.59 Å². The van der Waals surface area contributed by atoms with Crippen LogP contribution in [0.25, 0.3) is 0 Å². The normalized spacial score (nSPS) is 16.0. The van der Waals surface area contributed by atoms with Crippen LogP contribution < -0.4 is 15.0 Å². The van der Waals surface area contributed by atoms with E-state index in [9.17, 15) is 14.0 Å². The molecule has 6 heteroatoms. The molecule has 0 aromatic heterocycles. The van der Waals surface area contributed by atoms with Gasteiger partial charge in [0.2, 0.25) is 5.91 Å². The Balaban J connectivity index is 1.60. The van der Waals surface area contributed by atoms with E-state index in [1.807, 2.05) is 31.2 Å². The number of benzene rings is 2. The van der Waals surface area contributed by atoms with Crippen LogP contribution in [-0.2, 0) is 16.1 Å². The van der Waals surface area contributed by atoms with Crippen molar-refractivity contribution >= 4 is 17.5 Å². The number of nitrogens with zero attached hydrogens (tertiary/aromatic N) is 1. The zero-order valence-electron chi connectivity index (χ0n) is 14.6. The first-order chi connectivity index (χ1) is 12.6. The van der Waals surface area contributed by atoms with Crippen LogP contribution in [-0.4, -0.2) is 24.5 Å². The molecule has 1 aliphatic rings. The molecule has 0 radical (unpaired) electrons. The lowest BCUT2D eigenvalue weighted by atomic mass is 10.1. The van der Waals surface area contributed by atoms with Crippen molar-refractivity contribution in [1.29, 1.82) is 0 Å². The minimum Gasteiger partial charge on any atom is -0.478 e. The van der Waals surface area contributed by atoms with Crippen molar-refractivity contribution in [2.75, 3.05) is 11.4 Å². The third kappa shape index (κ3) is 4.02. The van der Waals surface area contributed by atoms with E-state index in [0.29, 0.717) is 24.4 Å². The van der Waals surface area contributed by atoms with Crippen molar-refractivity contribution in [2.24, 2.45) is 0 Å². The van der Waals surface area contributed by atoms with E-state index < -0.39 is 6.10 Å². The maximum atomic E-state index is 12.9. The summed E-state index contributed by atoms with van der Waals surface area (Å²) in [4.78, 5) is 26.3. The molecule has 2 aromatic carbocycles. The van der Waals surface area contributed by atoms with Gasteiger partial charge in [-0.1, -0.05) is 31.2 Å². The molecule has 1 N–H and O–H groups in total. The highest BCUT2D eigenvalue weighted by Gasteiger charge is 2.32. The summed E-state index contributed by atoms with van der Waals surface area (Å²) in [6, 6.07) is 13.3. The summed E-state index contributed by atoms with van der Waals surface area (Å²) in [5.74, 6) is 0.0531. The summed E-state index contributed by atoms with van der Waals surface area (Å²) in [6.45, 7) is 2.50. The van der Waals surface area contributed by atoms with Gasteiger partial charge >= 0.3 is 0 Å². The van der Waals surface area contributed by atoms with Crippen LogP contribution in [0.1, 0.15) is 25.3 Å². The number of rotatable bonds is 6. The molecule has 0 saturated heterocycles. The van der Waals surface area contributed by atoms with Gasteiger partial charge in [-0.2, -0.15) is 0 Å². The Bertz CT molecular complexity index is 792. The highest BCUT2D eigenvalue weighted by atomic mass is 19.1. The first-order valence-corrected chi connectivity index (χ1v) is 8.66. The molecule has 1 heterocycles. The van der Waals surface area contributed by atoms with Gasteiger partial charge in [0, 0.05) is 19.5 Å². The summed E-state index contributed by atoms with van der Waals surface area (Å²) in [6.07, 6.45) is 0.227. The van der Waals surface area contributed by atoms with Crippen LogP contribution in [0, 0.1) is 5.82 Å². The van der Waals surface area contributed by atoms with Gasteiger partial charge in [0.1, 0.15) is 11.6 Å². The van der Waals surface area contributed by atoms with Crippen LogP contribution in [0.3, 0.4) is 0 Å². The van der Waals surface area contributed by atoms with E-state index in [-0.39, 0.29) is 30.6 Å². The molecule has 1 aliphatic heterocycles. The second-order valence-corrected chi connectivity index (χ2v) is 6.13. The first-order valence-electron chi connectivity index (χ1n) is 8.66. The fraction of sp³-hybridized carbons (Fsp3) is 0.300. The standard InChI is InChI=1S/C20H21FN2O3/c1-2-17-20(25)23(16-5-3-4-6-18(16)26-17)12-11-19(24)22-13-14-7-9-15(21)10-8-14/h3-10,17H,2,11-13H2,1H3,(H,22,24). The minimum atomic E-state index is -0.521. The number of hydrogen-bond acceptors (Lipinski definition) is 3. The molecular formula is C20H21FN2O3. The van der Waals surface area contributed by atoms with E-state index in [1.165, 1.54) is 12.1 Å². The van der Waals surface area contributed by atoms with Gasteiger partial charge in [-0.05, 0) is 36.2 Å². The molecule has 0 spiro atoms. The topological polar surface area (TPSA) is 58.6 Å². The van der Waals surface area contributed by atoms with Crippen LogP contribution in [0.15, 0.2) is 48.5 Å². The van der Waals surface area contributed by atoms with Crippen LogP contribution in [0.4, 0.5) is 10.1 Å². The van der Waals surface area contributed by atoms with E-state index in [2.05, 4.69) is 5.32 Å². The fourth-order valence-electron chi connectivity index (χ4n) is 2.87. The Morgan fingerprint density at radius 2 is 1.92 bits per heavy atom. The Hall–Kier alpha value is -2.89. The highest BCUT2D eigenvalue weighted by molar-refractivity contribution is 6.00. The van der Waals surface area contributed by atoms with Gasteiger partial charge in [0.05, 0.1) is 5.69 Å². The molecule has 2 aromatic rings. The Labute approximate surface area is 151 Å². The smallest absolute Gasteiger partial charge is 0.268 e. The zero-order valence-corrected chi connectivity index (χ0v) is 14.6. The van der Waals surface area contributed by atoms with E-state index in [4.69, 9.17) is 4.74 Å². The number of nitrogens with one attached hydrogen (secondary N) is 1. The Kier molecular flexibility index (Phi) is 5.51. The summed E-state index contributed by atoms with van der Waals surface area (Å²) in [7, 11) is 0. The Morgan fingerprint density at radius 1 is 1.19 bits per heavy atom. The van der Waals surface area contributed by atoms with E-state index in [1.54, 1.807) is 17.0 Å². The number of carbonyl (C=O) groups is 2. The van der Waals surface area contributed by atoms with Gasteiger partial charge in [-0.25, -0.2) is 4.39 Å². The lowest BCUT2D eigenvalue weighted by molar-refractivity contribution is -0.126. The van der Waals surface area contributed by atoms with Crippen molar-refractivity contribution in [1.82, 2.24) is 5.32 Å². The summed E-state index contributed by atoms with van der Waals surface area (Å²) in [5, 5.41) is 2.79. The predicted octanol–water partition coefficient (Wildman–Crippen LogP) is 3.04. The van der Waals surface area contributed by atoms with Crippen molar-refractivity contribution in [2.45, 2.75) is 32.4 Å². The van der Waals surface area contributed by atoms with Crippen molar-refractivity contribution in [3.05, 3.63) is 59.9 Å². The number of anilines is 1. The molecule has 1 unspecified atom stereocenters. The maximum absolute atomic E-state index is 12.9. The average molecular weight is 356 g/mol. The van der Waals surface area contributed by atoms with Gasteiger partial charge in [-0.15, -0.1) is 0 Å². The number of ether oxygens (including phenoxy) is 1. The lowest BCUT2D eigenvalue weighted by Crippen LogP contribution is -2.46. The average Bonchev–Trinajstić information content (AvgIpc) is 2.66. The molecule has 1 atom stereocenters. The number of carbonyl (C=O) groups excluding carboxylic acids is 2. The van der Waals surface area contributed by atoms with Crippen LogP contribution in [0.2, 0.25) is 0 Å². The summed E-state index contributed by atoms with van der Waals surface area (Å²) < 4.78 is 18.6. The van der Waals surface area contributed by atoms with Crippen LogP contribution in [0.5, 0.6) is 5.75 Å². The summed E-state index contributed by atoms with van der Waals surface area (Å²) in [5.41, 5.74) is 1.51. The minimum absolute atomic E-state index is 0.127. The molecule has 0 fully saturated rings. The van der Waals surface area contributed by atoms with Crippen molar-refractivity contribution in [3.63, 3.8) is 0 Å². The number of amides is 2.